The number of nitrogens with one attached hydrogen (secondary N) is 1. The molecule has 0 aliphatic heterocycles. The van der Waals surface area contributed by atoms with E-state index < -0.39 is 0 Å². The second-order valence-corrected chi connectivity index (χ2v) is 4.24. The fourth-order valence-corrected chi connectivity index (χ4v) is 2.04. The van der Waals surface area contributed by atoms with Crippen molar-refractivity contribution >= 4 is 22.9 Å². The lowest BCUT2D eigenvalue weighted by Crippen LogP contribution is -2.13. The Kier molecular flexibility index (Phi) is 3.39. The Labute approximate surface area is 103 Å². The Hall–Kier alpha value is -1.88. The van der Waals surface area contributed by atoms with Gasteiger partial charge in [-0.1, -0.05) is 6.92 Å². The monoisotopic (exact) mass is 248 g/mol. The number of phenols is 1. The standard InChI is InChI=1S/C12H12N2O2S/c1-2-8-5-9(15)3-4-10(8)14-12(16)11-6-17-7-13-11/h3-7,15H,2H2,1H3,(H,14,16). The molecule has 1 heterocycles. The quantitative estimate of drug-likeness (QED) is 0.821. The van der Waals surface area contributed by atoms with E-state index in [0.717, 1.165) is 12.0 Å². The van der Waals surface area contributed by atoms with Crippen LogP contribution in [0.25, 0.3) is 0 Å². The summed E-state index contributed by atoms with van der Waals surface area (Å²) in [6, 6.07) is 4.89. The van der Waals surface area contributed by atoms with Crippen LogP contribution >= 0.6 is 11.3 Å². The van der Waals surface area contributed by atoms with E-state index in [1.807, 2.05) is 6.92 Å². The Bertz CT molecular complexity index is 523. The van der Waals surface area contributed by atoms with Crippen LogP contribution in [0.5, 0.6) is 5.75 Å². The Morgan fingerprint density at radius 1 is 1.53 bits per heavy atom. The number of carbonyl (C=O) groups excluding carboxylic acids is 1. The number of aromatic nitrogens is 1. The summed E-state index contributed by atoms with van der Waals surface area (Å²) in [5.41, 5.74) is 3.63. The number of hydrogen-bond donors (Lipinski definition) is 2. The molecule has 0 radical (unpaired) electrons. The van der Waals surface area contributed by atoms with Gasteiger partial charge in [-0.2, -0.15) is 0 Å². The van der Waals surface area contributed by atoms with Gasteiger partial charge in [0.2, 0.25) is 0 Å². The molecule has 4 nitrogen and oxygen atoms in total. The summed E-state index contributed by atoms with van der Waals surface area (Å²) < 4.78 is 0. The topological polar surface area (TPSA) is 62.2 Å². The average Bonchev–Trinajstić information content (AvgIpc) is 2.85. The molecule has 0 saturated carbocycles. The van der Waals surface area contributed by atoms with Crippen molar-refractivity contribution in [2.24, 2.45) is 0 Å². The number of nitrogens with zero attached hydrogens (tertiary/aromatic N) is 1. The number of benzene rings is 1. The zero-order valence-corrected chi connectivity index (χ0v) is 10.1. The van der Waals surface area contributed by atoms with E-state index in [2.05, 4.69) is 10.3 Å². The van der Waals surface area contributed by atoms with Gasteiger partial charge < -0.3 is 10.4 Å². The summed E-state index contributed by atoms with van der Waals surface area (Å²) in [4.78, 5) is 15.7. The summed E-state index contributed by atoms with van der Waals surface area (Å²) in [7, 11) is 0. The van der Waals surface area contributed by atoms with Gasteiger partial charge >= 0.3 is 0 Å². The lowest BCUT2D eigenvalue weighted by atomic mass is 10.1. The number of amides is 1. The van der Waals surface area contributed by atoms with Gasteiger partial charge in [-0.25, -0.2) is 4.98 Å². The Morgan fingerprint density at radius 2 is 2.35 bits per heavy atom. The fraction of sp³-hybridized carbons (Fsp3) is 0.167. The van der Waals surface area contributed by atoms with E-state index in [0.29, 0.717) is 11.4 Å². The van der Waals surface area contributed by atoms with Gasteiger partial charge in [0.05, 0.1) is 5.51 Å². The summed E-state index contributed by atoms with van der Waals surface area (Å²) in [6.07, 6.45) is 0.737. The van der Waals surface area contributed by atoms with Crippen LogP contribution in [0.3, 0.4) is 0 Å². The highest BCUT2D eigenvalue weighted by molar-refractivity contribution is 7.07. The molecule has 1 aromatic heterocycles. The van der Waals surface area contributed by atoms with Crippen LogP contribution in [-0.2, 0) is 6.42 Å². The van der Waals surface area contributed by atoms with Crippen molar-refractivity contribution in [2.75, 3.05) is 5.32 Å². The SMILES string of the molecule is CCc1cc(O)ccc1NC(=O)c1cscn1. The van der Waals surface area contributed by atoms with Crippen LogP contribution in [-0.4, -0.2) is 16.0 Å². The molecule has 5 heteroatoms. The molecule has 0 atom stereocenters. The smallest absolute Gasteiger partial charge is 0.275 e. The molecule has 1 amide bonds. The molecule has 2 N–H and O–H groups in total. The predicted molar refractivity (Wildman–Crippen MR) is 67.6 cm³/mol. The summed E-state index contributed by atoms with van der Waals surface area (Å²) in [5.74, 6) is -0.0276. The molecule has 0 bridgehead atoms. The first-order valence-electron chi connectivity index (χ1n) is 5.22. The molecular weight excluding hydrogens is 236 g/mol. The average molecular weight is 248 g/mol. The van der Waals surface area contributed by atoms with Crippen LogP contribution < -0.4 is 5.32 Å². The second kappa shape index (κ2) is 4.97. The van der Waals surface area contributed by atoms with Gasteiger partial charge in [0.15, 0.2) is 0 Å². The number of aromatic hydroxyl groups is 1. The molecule has 88 valence electrons. The number of aryl methyl sites for hydroxylation is 1. The molecule has 0 aliphatic carbocycles. The largest absolute Gasteiger partial charge is 0.508 e. The number of carbonyl (C=O) groups is 1. The molecule has 17 heavy (non-hydrogen) atoms. The van der Waals surface area contributed by atoms with Crippen molar-refractivity contribution in [3.05, 3.63) is 40.3 Å². The second-order valence-electron chi connectivity index (χ2n) is 3.52. The predicted octanol–water partition coefficient (Wildman–Crippen LogP) is 2.66. The zero-order chi connectivity index (χ0) is 12.3. The van der Waals surface area contributed by atoms with E-state index >= 15 is 0 Å². The van der Waals surface area contributed by atoms with Gasteiger partial charge in [-0.15, -0.1) is 11.3 Å². The zero-order valence-electron chi connectivity index (χ0n) is 9.30. The lowest BCUT2D eigenvalue weighted by Gasteiger charge is -2.09. The molecule has 0 unspecified atom stereocenters. The molecule has 2 aromatic rings. The number of thiazole rings is 1. The fourth-order valence-electron chi connectivity index (χ4n) is 1.51. The van der Waals surface area contributed by atoms with Crippen LogP contribution in [0.4, 0.5) is 5.69 Å². The van der Waals surface area contributed by atoms with E-state index in [-0.39, 0.29) is 11.7 Å². The maximum Gasteiger partial charge on any atom is 0.275 e. The maximum atomic E-state index is 11.8. The van der Waals surface area contributed by atoms with Gasteiger partial charge in [0.1, 0.15) is 11.4 Å². The summed E-state index contributed by atoms with van der Waals surface area (Å²) in [6.45, 7) is 1.97. The van der Waals surface area contributed by atoms with Crippen molar-refractivity contribution in [1.29, 1.82) is 0 Å². The number of phenolic OH excluding ortho intramolecular Hbond substituents is 1. The Balaban J connectivity index is 2.21. The minimum atomic E-state index is -0.230. The maximum absolute atomic E-state index is 11.8. The third-order valence-electron chi connectivity index (χ3n) is 2.38. The third-order valence-corrected chi connectivity index (χ3v) is 2.97. The normalized spacial score (nSPS) is 10.2. The minimum absolute atomic E-state index is 0.202. The molecular formula is C12H12N2O2S. The molecule has 0 saturated heterocycles. The number of anilines is 1. The van der Waals surface area contributed by atoms with Crippen LogP contribution in [0, 0.1) is 0 Å². The van der Waals surface area contributed by atoms with Crippen LogP contribution in [0.15, 0.2) is 29.1 Å². The summed E-state index contributed by atoms with van der Waals surface area (Å²) >= 11 is 1.38. The van der Waals surface area contributed by atoms with Gasteiger partial charge in [0, 0.05) is 11.1 Å². The van der Waals surface area contributed by atoms with Crippen LogP contribution in [0.2, 0.25) is 0 Å². The highest BCUT2D eigenvalue weighted by atomic mass is 32.1. The van der Waals surface area contributed by atoms with Crippen molar-refractivity contribution in [2.45, 2.75) is 13.3 Å². The van der Waals surface area contributed by atoms with E-state index in [9.17, 15) is 9.90 Å². The molecule has 1 aromatic carbocycles. The van der Waals surface area contributed by atoms with Crippen molar-refractivity contribution in [3.8, 4) is 5.75 Å². The molecule has 0 aliphatic rings. The first kappa shape index (κ1) is 11.6. The molecule has 0 fully saturated rings. The van der Waals surface area contributed by atoms with E-state index in [4.69, 9.17) is 0 Å². The highest BCUT2D eigenvalue weighted by Gasteiger charge is 2.10. The first-order valence-corrected chi connectivity index (χ1v) is 6.16. The third kappa shape index (κ3) is 2.62. The first-order chi connectivity index (χ1) is 8.20. The minimum Gasteiger partial charge on any atom is -0.508 e. The van der Waals surface area contributed by atoms with Crippen LogP contribution in [0.1, 0.15) is 23.0 Å². The van der Waals surface area contributed by atoms with E-state index in [1.54, 1.807) is 29.1 Å². The molecule has 0 spiro atoms. The van der Waals surface area contributed by atoms with Gasteiger partial charge in [0.25, 0.3) is 5.91 Å². The van der Waals surface area contributed by atoms with Gasteiger partial charge in [-0.3, -0.25) is 4.79 Å². The number of rotatable bonds is 3. The molecule has 2 rings (SSSR count). The lowest BCUT2D eigenvalue weighted by molar-refractivity contribution is 0.102. The van der Waals surface area contributed by atoms with Crippen molar-refractivity contribution < 1.29 is 9.90 Å². The van der Waals surface area contributed by atoms with Crippen molar-refractivity contribution in [3.63, 3.8) is 0 Å². The van der Waals surface area contributed by atoms with Crippen molar-refractivity contribution in [1.82, 2.24) is 4.98 Å². The summed E-state index contributed by atoms with van der Waals surface area (Å²) in [5, 5.41) is 13.8. The van der Waals surface area contributed by atoms with Gasteiger partial charge in [-0.05, 0) is 30.2 Å². The highest BCUT2D eigenvalue weighted by Crippen LogP contribution is 2.22. The number of hydrogen-bond acceptors (Lipinski definition) is 4. The van der Waals surface area contributed by atoms with E-state index in [1.165, 1.54) is 11.3 Å². The Morgan fingerprint density at radius 3 is 3.00 bits per heavy atom.